The predicted molar refractivity (Wildman–Crippen MR) is 92.0 cm³/mol. The number of phenolic OH excluding ortho intramolecular Hbond substituents is 2. The Morgan fingerprint density at radius 2 is 2.08 bits per heavy atom. The first-order valence-electron chi connectivity index (χ1n) is 6.91. The van der Waals surface area contributed by atoms with E-state index < -0.39 is 5.75 Å². The number of ether oxygens (including phenoxy) is 1. The van der Waals surface area contributed by atoms with Gasteiger partial charge >= 0.3 is 0 Å². The first-order chi connectivity index (χ1) is 11.5. The number of hydrogen-bond acceptors (Lipinski definition) is 6. The zero-order valence-corrected chi connectivity index (χ0v) is 13.5. The number of carbonyl (C=O) groups excluding carboxylic acids is 1. The molecule has 0 aliphatic carbocycles. The second-order valence-corrected chi connectivity index (χ2v) is 5.12. The van der Waals surface area contributed by atoms with Crippen LogP contribution in [0.15, 0.2) is 41.5 Å². The topological polar surface area (TPSA) is 103 Å². The Morgan fingerprint density at radius 1 is 1.33 bits per heavy atom. The molecular weight excluding hydrogens is 334 g/mol. The Morgan fingerprint density at radius 3 is 2.79 bits per heavy atom. The normalized spacial score (nSPS) is 10.6. The van der Waals surface area contributed by atoms with Gasteiger partial charge in [-0.25, -0.2) is 5.43 Å². The number of methoxy groups -OCH3 is 1. The number of carbonyl (C=O) groups is 1. The average Bonchev–Trinajstić information content (AvgIpc) is 2.58. The van der Waals surface area contributed by atoms with E-state index in [-0.39, 0.29) is 23.2 Å². The standard InChI is InChI=1S/C16H16ClN3O4/c1-24-14-5-3-2-4-12(14)18-9-15(22)20-19-8-10-6-11(17)16(23)13(21)7-10/h2-8,18,21,23H,9H2,1H3,(H,20,22)/b19-8+. The molecule has 0 spiro atoms. The van der Waals surface area contributed by atoms with E-state index in [1.807, 2.05) is 12.1 Å². The molecule has 7 nitrogen and oxygen atoms in total. The summed E-state index contributed by atoms with van der Waals surface area (Å²) in [4.78, 5) is 11.8. The van der Waals surface area contributed by atoms with E-state index in [1.54, 1.807) is 19.2 Å². The highest BCUT2D eigenvalue weighted by molar-refractivity contribution is 6.32. The van der Waals surface area contributed by atoms with E-state index in [0.29, 0.717) is 17.0 Å². The van der Waals surface area contributed by atoms with Gasteiger partial charge < -0.3 is 20.3 Å². The fraction of sp³-hybridized carbons (Fsp3) is 0.125. The van der Waals surface area contributed by atoms with Crippen molar-refractivity contribution in [2.45, 2.75) is 0 Å². The molecule has 0 aromatic heterocycles. The van der Waals surface area contributed by atoms with Crippen LogP contribution in [0.25, 0.3) is 0 Å². The van der Waals surface area contributed by atoms with Gasteiger partial charge in [-0.2, -0.15) is 5.10 Å². The first kappa shape index (κ1) is 17.4. The number of hydrazone groups is 1. The van der Waals surface area contributed by atoms with Crippen molar-refractivity contribution in [1.82, 2.24) is 5.43 Å². The fourth-order valence-corrected chi connectivity index (χ4v) is 2.09. The fourth-order valence-electron chi connectivity index (χ4n) is 1.86. The van der Waals surface area contributed by atoms with E-state index in [2.05, 4.69) is 15.8 Å². The largest absolute Gasteiger partial charge is 0.504 e. The van der Waals surface area contributed by atoms with Crippen molar-refractivity contribution in [2.24, 2.45) is 5.10 Å². The quantitative estimate of drug-likeness (QED) is 0.364. The highest BCUT2D eigenvalue weighted by atomic mass is 35.5. The van der Waals surface area contributed by atoms with Gasteiger partial charge in [-0.3, -0.25) is 4.79 Å². The molecule has 1 amide bonds. The summed E-state index contributed by atoms with van der Waals surface area (Å²) < 4.78 is 5.17. The zero-order chi connectivity index (χ0) is 17.5. The lowest BCUT2D eigenvalue weighted by Crippen LogP contribution is -2.26. The Hall–Kier alpha value is -2.93. The lowest BCUT2D eigenvalue weighted by atomic mass is 10.2. The minimum Gasteiger partial charge on any atom is -0.504 e. The summed E-state index contributed by atoms with van der Waals surface area (Å²) in [5.41, 5.74) is 3.45. The molecule has 0 radical (unpaired) electrons. The molecule has 0 unspecified atom stereocenters. The summed E-state index contributed by atoms with van der Waals surface area (Å²) in [6, 6.07) is 9.88. The van der Waals surface area contributed by atoms with Gasteiger partial charge in [0, 0.05) is 0 Å². The van der Waals surface area contributed by atoms with Crippen LogP contribution in [0, 0.1) is 0 Å². The maximum absolute atomic E-state index is 11.8. The van der Waals surface area contributed by atoms with Crippen LogP contribution >= 0.6 is 11.6 Å². The highest BCUT2D eigenvalue weighted by Gasteiger charge is 2.06. The molecule has 2 aromatic rings. The van der Waals surface area contributed by atoms with Crippen LogP contribution in [0.2, 0.25) is 5.02 Å². The van der Waals surface area contributed by atoms with Crippen LogP contribution in [0.3, 0.4) is 0 Å². The third kappa shape index (κ3) is 4.53. The molecule has 0 saturated carbocycles. The van der Waals surface area contributed by atoms with Gasteiger partial charge in [0.05, 0.1) is 30.6 Å². The minimum atomic E-state index is -0.404. The number of phenols is 2. The monoisotopic (exact) mass is 349 g/mol. The summed E-state index contributed by atoms with van der Waals surface area (Å²) >= 11 is 5.73. The van der Waals surface area contributed by atoms with Crippen LogP contribution in [0.5, 0.6) is 17.2 Å². The molecule has 0 fully saturated rings. The molecule has 0 bridgehead atoms. The van der Waals surface area contributed by atoms with Gasteiger partial charge in [-0.05, 0) is 29.8 Å². The van der Waals surface area contributed by atoms with Crippen LogP contribution in [-0.4, -0.2) is 36.0 Å². The smallest absolute Gasteiger partial charge is 0.259 e. The Balaban J connectivity index is 1.89. The maximum atomic E-state index is 11.8. The van der Waals surface area contributed by atoms with Gasteiger partial charge in [0.25, 0.3) is 5.91 Å². The van der Waals surface area contributed by atoms with Crippen LogP contribution in [0.4, 0.5) is 5.69 Å². The molecule has 8 heteroatoms. The lowest BCUT2D eigenvalue weighted by molar-refractivity contribution is -0.119. The van der Waals surface area contributed by atoms with Crippen molar-refractivity contribution < 1.29 is 19.7 Å². The molecule has 2 aromatic carbocycles. The Labute approximate surface area is 143 Å². The van der Waals surface area contributed by atoms with Crippen LogP contribution < -0.4 is 15.5 Å². The second kappa shape index (κ2) is 8.07. The third-order valence-electron chi connectivity index (χ3n) is 3.01. The summed E-state index contributed by atoms with van der Waals surface area (Å²) in [5.74, 6) is -0.513. The van der Waals surface area contributed by atoms with Crippen LogP contribution in [0.1, 0.15) is 5.56 Å². The van der Waals surface area contributed by atoms with E-state index in [0.717, 1.165) is 0 Å². The predicted octanol–water partition coefficient (Wildman–Crippen LogP) is 2.32. The average molecular weight is 350 g/mol. The van der Waals surface area contributed by atoms with Crippen molar-refractivity contribution in [2.75, 3.05) is 19.0 Å². The number of nitrogens with one attached hydrogen (secondary N) is 2. The maximum Gasteiger partial charge on any atom is 0.259 e. The van der Waals surface area contributed by atoms with Gasteiger partial charge in [0.2, 0.25) is 0 Å². The number of amides is 1. The number of benzene rings is 2. The number of nitrogens with zero attached hydrogens (tertiary/aromatic N) is 1. The number of hydrogen-bond donors (Lipinski definition) is 4. The number of rotatable bonds is 6. The zero-order valence-electron chi connectivity index (χ0n) is 12.8. The minimum absolute atomic E-state index is 0.000697. The van der Waals surface area contributed by atoms with Gasteiger partial charge in [0.15, 0.2) is 11.5 Å². The third-order valence-corrected chi connectivity index (χ3v) is 3.30. The molecule has 24 heavy (non-hydrogen) atoms. The molecule has 0 aliphatic rings. The molecule has 4 N–H and O–H groups in total. The first-order valence-corrected chi connectivity index (χ1v) is 7.29. The number of halogens is 1. The lowest BCUT2D eigenvalue weighted by Gasteiger charge is -2.09. The van der Waals surface area contributed by atoms with Gasteiger partial charge in [-0.15, -0.1) is 0 Å². The van der Waals surface area contributed by atoms with E-state index in [9.17, 15) is 15.0 Å². The summed E-state index contributed by atoms with van der Waals surface area (Å²) in [7, 11) is 1.54. The van der Waals surface area contributed by atoms with Crippen molar-refractivity contribution in [3.05, 3.63) is 47.0 Å². The number of aromatic hydroxyl groups is 2. The Kier molecular flexibility index (Phi) is 5.86. The van der Waals surface area contributed by atoms with E-state index in [1.165, 1.54) is 18.3 Å². The molecule has 0 heterocycles. The number of anilines is 1. The van der Waals surface area contributed by atoms with E-state index in [4.69, 9.17) is 16.3 Å². The van der Waals surface area contributed by atoms with E-state index >= 15 is 0 Å². The summed E-state index contributed by atoms with van der Waals surface area (Å²) in [6.07, 6.45) is 1.30. The Bertz CT molecular complexity index is 742. The molecular formula is C16H16ClN3O4. The van der Waals surface area contributed by atoms with Crippen LogP contribution in [-0.2, 0) is 4.79 Å². The molecule has 0 aliphatic heterocycles. The SMILES string of the molecule is COc1ccccc1NCC(=O)N/N=C/c1cc(O)c(O)c(Cl)c1. The molecule has 126 valence electrons. The molecule has 0 atom stereocenters. The van der Waals surface area contributed by atoms with Crippen molar-refractivity contribution in [3.63, 3.8) is 0 Å². The molecule has 2 rings (SSSR count). The number of para-hydroxylation sites is 2. The highest BCUT2D eigenvalue weighted by Crippen LogP contribution is 2.33. The van der Waals surface area contributed by atoms with Gasteiger partial charge in [-0.1, -0.05) is 23.7 Å². The summed E-state index contributed by atoms with van der Waals surface area (Å²) in [5, 5.41) is 25.5. The van der Waals surface area contributed by atoms with Crippen molar-refractivity contribution in [1.29, 1.82) is 0 Å². The second-order valence-electron chi connectivity index (χ2n) is 4.72. The van der Waals surface area contributed by atoms with Crippen molar-refractivity contribution in [3.8, 4) is 17.2 Å². The molecule has 0 saturated heterocycles. The van der Waals surface area contributed by atoms with Gasteiger partial charge in [0.1, 0.15) is 5.75 Å². The van der Waals surface area contributed by atoms with Crippen molar-refractivity contribution >= 4 is 29.4 Å². The summed E-state index contributed by atoms with van der Waals surface area (Å²) in [6.45, 7) is -0.000697.